The fourth-order valence-electron chi connectivity index (χ4n) is 1.68. The highest BCUT2D eigenvalue weighted by molar-refractivity contribution is 9.11. The molecule has 0 bridgehead atoms. The molecule has 1 amide bonds. The Hall–Kier alpha value is -0.990. The lowest BCUT2D eigenvalue weighted by Crippen LogP contribution is -2.14. The van der Waals surface area contributed by atoms with Gasteiger partial charge in [0.05, 0.1) is 17.1 Å². The lowest BCUT2D eigenvalue weighted by molar-refractivity contribution is 0.102. The van der Waals surface area contributed by atoms with Crippen molar-refractivity contribution in [1.29, 1.82) is 0 Å². The molecule has 0 saturated carbocycles. The molecule has 0 atom stereocenters. The summed E-state index contributed by atoms with van der Waals surface area (Å²) in [5.74, 6) is -0.238. The summed E-state index contributed by atoms with van der Waals surface area (Å²) < 4.78 is 5.40. The first-order valence-electron chi connectivity index (χ1n) is 5.90. The van der Waals surface area contributed by atoms with E-state index in [1.54, 1.807) is 6.07 Å². The maximum atomic E-state index is 12.3. The minimum absolute atomic E-state index is 0.238. The van der Waals surface area contributed by atoms with Crippen molar-refractivity contribution in [2.24, 2.45) is 0 Å². The van der Waals surface area contributed by atoms with Crippen LogP contribution >= 0.6 is 43.4 Å². The molecule has 0 unspecified atom stereocenters. The van der Waals surface area contributed by atoms with Crippen LogP contribution in [-0.2, 0) is 6.42 Å². The van der Waals surface area contributed by atoms with E-state index in [2.05, 4.69) is 46.8 Å². The molecule has 1 aromatic heterocycles. The zero-order valence-corrected chi connectivity index (χ0v) is 14.6. The first-order chi connectivity index (χ1) is 9.52. The van der Waals surface area contributed by atoms with Crippen molar-refractivity contribution in [3.05, 3.63) is 31.6 Å². The average Bonchev–Trinajstić information content (AvgIpc) is 2.82. The summed E-state index contributed by atoms with van der Waals surface area (Å²) in [5.41, 5.74) is 7.67. The topological polar surface area (TPSA) is 80.9 Å². The quantitative estimate of drug-likeness (QED) is 0.737. The number of carbonyl (C=O) groups excluding carboxylic acids is 1. The van der Waals surface area contributed by atoms with Gasteiger partial charge < -0.3 is 11.1 Å². The number of hydrogen-bond acceptors (Lipinski definition) is 5. The normalized spacial score (nSPS) is 10.6. The zero-order valence-electron chi connectivity index (χ0n) is 10.6. The summed E-state index contributed by atoms with van der Waals surface area (Å²) in [5, 5.41) is 6.79. The molecule has 5 nitrogen and oxygen atoms in total. The number of aryl methyl sites for hydroxylation is 1. The van der Waals surface area contributed by atoms with Gasteiger partial charge in [0.2, 0.25) is 0 Å². The van der Waals surface area contributed by atoms with Crippen LogP contribution in [-0.4, -0.2) is 15.5 Å². The van der Waals surface area contributed by atoms with E-state index in [0.717, 1.165) is 34.5 Å². The molecule has 0 fully saturated rings. The molecule has 0 aliphatic rings. The van der Waals surface area contributed by atoms with E-state index < -0.39 is 0 Å². The monoisotopic (exact) mass is 418 g/mol. The van der Waals surface area contributed by atoms with Gasteiger partial charge in [0.25, 0.3) is 5.91 Å². The summed E-state index contributed by atoms with van der Waals surface area (Å²) in [6, 6.07) is 3.56. The van der Waals surface area contributed by atoms with Crippen LogP contribution in [0.3, 0.4) is 0 Å². The van der Waals surface area contributed by atoms with Gasteiger partial charge in [0, 0.05) is 8.95 Å². The molecule has 0 radical (unpaired) electrons. The lowest BCUT2D eigenvalue weighted by Gasteiger charge is -2.10. The van der Waals surface area contributed by atoms with Crippen LogP contribution in [0.4, 0.5) is 11.4 Å². The SMILES string of the molecule is CCCc1nnsc1C(=O)Nc1c(N)cc(Br)cc1Br. The smallest absolute Gasteiger partial charge is 0.269 e. The molecule has 0 saturated heterocycles. The number of nitrogens with zero attached hydrogens (tertiary/aromatic N) is 2. The van der Waals surface area contributed by atoms with E-state index in [0.29, 0.717) is 20.7 Å². The molecule has 3 N–H and O–H groups in total. The average molecular weight is 420 g/mol. The Balaban J connectivity index is 2.26. The van der Waals surface area contributed by atoms with Crippen molar-refractivity contribution >= 4 is 60.7 Å². The number of nitrogens with one attached hydrogen (secondary N) is 1. The second kappa shape index (κ2) is 6.64. The second-order valence-corrected chi connectivity index (χ2v) is 6.63. The van der Waals surface area contributed by atoms with Crippen LogP contribution in [0.25, 0.3) is 0 Å². The van der Waals surface area contributed by atoms with Crippen LogP contribution in [0.1, 0.15) is 28.7 Å². The summed E-state index contributed by atoms with van der Waals surface area (Å²) in [6.07, 6.45) is 1.64. The van der Waals surface area contributed by atoms with Crippen LogP contribution in [0, 0.1) is 0 Å². The Labute approximate surface area is 137 Å². The number of rotatable bonds is 4. The van der Waals surface area contributed by atoms with Gasteiger partial charge in [-0.15, -0.1) is 5.10 Å². The van der Waals surface area contributed by atoms with Crippen LogP contribution < -0.4 is 11.1 Å². The number of nitrogen functional groups attached to an aromatic ring is 1. The predicted octanol–water partition coefficient (Wildman–Crippen LogP) is 3.85. The Bertz CT molecular complexity index is 621. The first-order valence-corrected chi connectivity index (χ1v) is 8.26. The minimum Gasteiger partial charge on any atom is -0.397 e. The number of halogens is 2. The standard InChI is InChI=1S/C12H12Br2N4OS/c1-2-3-9-11(20-18-17-9)12(19)16-10-7(14)4-6(13)5-8(10)15/h4-5H,2-3,15H2,1H3,(H,16,19). The van der Waals surface area contributed by atoms with Crippen molar-refractivity contribution in [1.82, 2.24) is 9.59 Å². The molecule has 20 heavy (non-hydrogen) atoms. The largest absolute Gasteiger partial charge is 0.397 e. The summed E-state index contributed by atoms with van der Waals surface area (Å²) in [7, 11) is 0. The van der Waals surface area contributed by atoms with E-state index in [1.807, 2.05) is 13.0 Å². The zero-order chi connectivity index (χ0) is 14.7. The predicted molar refractivity (Wildman–Crippen MR) is 88.1 cm³/mol. The van der Waals surface area contributed by atoms with Gasteiger partial charge in [-0.2, -0.15) is 0 Å². The Morgan fingerprint density at radius 2 is 2.20 bits per heavy atom. The van der Waals surface area contributed by atoms with Gasteiger partial charge in [0.15, 0.2) is 0 Å². The molecule has 1 heterocycles. The van der Waals surface area contributed by atoms with Crippen LogP contribution in [0.5, 0.6) is 0 Å². The number of anilines is 2. The minimum atomic E-state index is -0.238. The number of nitrogens with two attached hydrogens (primary N) is 1. The van der Waals surface area contributed by atoms with Gasteiger partial charge in [-0.1, -0.05) is 33.8 Å². The Morgan fingerprint density at radius 3 is 2.85 bits per heavy atom. The van der Waals surface area contributed by atoms with Crippen molar-refractivity contribution < 1.29 is 4.79 Å². The molecule has 0 spiro atoms. The highest BCUT2D eigenvalue weighted by atomic mass is 79.9. The van der Waals surface area contributed by atoms with E-state index in [4.69, 9.17) is 5.73 Å². The van der Waals surface area contributed by atoms with Crippen molar-refractivity contribution in [2.75, 3.05) is 11.1 Å². The maximum Gasteiger partial charge on any atom is 0.269 e. The number of hydrogen-bond donors (Lipinski definition) is 2. The number of amides is 1. The lowest BCUT2D eigenvalue weighted by atomic mass is 10.2. The van der Waals surface area contributed by atoms with Gasteiger partial charge >= 0.3 is 0 Å². The molecular formula is C12H12Br2N4OS. The number of benzene rings is 1. The van der Waals surface area contributed by atoms with E-state index in [1.165, 1.54) is 0 Å². The van der Waals surface area contributed by atoms with Crippen LogP contribution in [0.15, 0.2) is 21.1 Å². The molecule has 8 heteroatoms. The molecule has 2 rings (SSSR count). The van der Waals surface area contributed by atoms with Gasteiger partial charge in [-0.25, -0.2) is 0 Å². The number of carbonyl (C=O) groups is 1. The molecule has 0 aliphatic heterocycles. The third kappa shape index (κ3) is 3.36. The van der Waals surface area contributed by atoms with Gasteiger partial charge in [-0.05, 0) is 46.0 Å². The second-order valence-electron chi connectivity index (χ2n) is 4.10. The van der Waals surface area contributed by atoms with Gasteiger partial charge in [-0.3, -0.25) is 4.79 Å². The molecular weight excluding hydrogens is 408 g/mol. The molecule has 106 valence electrons. The van der Waals surface area contributed by atoms with Crippen molar-refractivity contribution in [3.8, 4) is 0 Å². The fraction of sp³-hybridized carbons (Fsp3) is 0.250. The highest BCUT2D eigenvalue weighted by Crippen LogP contribution is 2.33. The van der Waals surface area contributed by atoms with E-state index in [9.17, 15) is 4.79 Å². The first kappa shape index (κ1) is 15.4. The maximum absolute atomic E-state index is 12.3. The van der Waals surface area contributed by atoms with Crippen molar-refractivity contribution in [3.63, 3.8) is 0 Å². The molecule has 1 aromatic carbocycles. The van der Waals surface area contributed by atoms with Crippen LogP contribution in [0.2, 0.25) is 0 Å². The Kier molecular flexibility index (Phi) is 5.11. The van der Waals surface area contributed by atoms with Crippen molar-refractivity contribution in [2.45, 2.75) is 19.8 Å². The Morgan fingerprint density at radius 1 is 1.45 bits per heavy atom. The van der Waals surface area contributed by atoms with E-state index >= 15 is 0 Å². The summed E-state index contributed by atoms with van der Waals surface area (Å²) in [4.78, 5) is 12.8. The molecule has 2 aromatic rings. The summed E-state index contributed by atoms with van der Waals surface area (Å²) >= 11 is 7.82. The van der Waals surface area contributed by atoms with E-state index in [-0.39, 0.29) is 5.91 Å². The van der Waals surface area contributed by atoms with Gasteiger partial charge in [0.1, 0.15) is 4.88 Å². The third-order valence-corrected chi connectivity index (χ3v) is 4.42. The third-order valence-electron chi connectivity index (χ3n) is 2.57. The highest BCUT2D eigenvalue weighted by Gasteiger charge is 2.18. The summed E-state index contributed by atoms with van der Waals surface area (Å²) in [6.45, 7) is 2.03. The number of aromatic nitrogens is 2. The fourth-order valence-corrected chi connectivity index (χ4v) is 3.64. The molecule has 0 aliphatic carbocycles.